The van der Waals surface area contributed by atoms with Gasteiger partial charge in [-0.2, -0.15) is 13.2 Å². The number of aromatic nitrogens is 1. The number of rotatable bonds is 4. The van der Waals surface area contributed by atoms with Gasteiger partial charge in [0.25, 0.3) is 0 Å². The molecule has 148 valence electrons. The van der Waals surface area contributed by atoms with Crippen molar-refractivity contribution in [3.8, 4) is 0 Å². The van der Waals surface area contributed by atoms with E-state index in [0.717, 1.165) is 38.4 Å². The molecule has 0 saturated carbocycles. The number of carboxylic acid groups (broad SMARTS) is 1. The van der Waals surface area contributed by atoms with Crippen molar-refractivity contribution in [2.75, 3.05) is 19.8 Å². The molecule has 1 aromatic heterocycles. The van der Waals surface area contributed by atoms with Gasteiger partial charge in [0.2, 0.25) is 0 Å². The van der Waals surface area contributed by atoms with Crippen molar-refractivity contribution < 1.29 is 32.5 Å². The summed E-state index contributed by atoms with van der Waals surface area (Å²) >= 11 is 1.76. The monoisotopic (exact) mass is 396 g/mol. The molecule has 6 nitrogen and oxygen atoms in total. The van der Waals surface area contributed by atoms with E-state index in [1.54, 1.807) is 11.3 Å². The topological polar surface area (TPSA) is 71.9 Å². The molecule has 2 aliphatic rings. The highest BCUT2D eigenvalue weighted by molar-refractivity contribution is 7.09. The van der Waals surface area contributed by atoms with Crippen LogP contribution >= 0.6 is 11.3 Å². The second-order valence-electron chi connectivity index (χ2n) is 6.13. The van der Waals surface area contributed by atoms with Crippen LogP contribution in [0, 0.1) is 6.92 Å². The minimum absolute atomic E-state index is 0.239. The number of aliphatic carboxylic acids is 1. The summed E-state index contributed by atoms with van der Waals surface area (Å²) in [7, 11) is 0. The van der Waals surface area contributed by atoms with Gasteiger partial charge in [-0.3, -0.25) is 4.90 Å². The first-order valence-corrected chi connectivity index (χ1v) is 9.28. The fraction of sp³-hybridized carbons (Fsp3) is 0.750. The first kappa shape index (κ1) is 21.1. The maximum atomic E-state index is 10.6. The van der Waals surface area contributed by atoms with Crippen LogP contribution in [0.1, 0.15) is 30.3 Å². The van der Waals surface area contributed by atoms with E-state index in [1.165, 1.54) is 11.3 Å². The summed E-state index contributed by atoms with van der Waals surface area (Å²) in [4.78, 5) is 17.2. The number of halogens is 3. The van der Waals surface area contributed by atoms with Crippen LogP contribution in [0.4, 0.5) is 13.2 Å². The minimum Gasteiger partial charge on any atom is -0.475 e. The minimum atomic E-state index is -5.08. The zero-order chi connectivity index (χ0) is 19.3. The Morgan fingerprint density at radius 2 is 2.23 bits per heavy atom. The quantitative estimate of drug-likeness (QED) is 0.844. The van der Waals surface area contributed by atoms with E-state index in [4.69, 9.17) is 19.4 Å². The highest BCUT2D eigenvalue weighted by Crippen LogP contribution is 2.32. The van der Waals surface area contributed by atoms with E-state index in [1.807, 2.05) is 5.51 Å². The Morgan fingerprint density at radius 3 is 2.77 bits per heavy atom. The van der Waals surface area contributed by atoms with Crippen LogP contribution in [0.2, 0.25) is 0 Å². The fourth-order valence-electron chi connectivity index (χ4n) is 3.21. The van der Waals surface area contributed by atoms with Crippen LogP contribution in [0.5, 0.6) is 0 Å². The number of hydrogen-bond donors (Lipinski definition) is 1. The normalized spacial score (nSPS) is 26.1. The van der Waals surface area contributed by atoms with E-state index in [0.29, 0.717) is 6.04 Å². The standard InChI is InChI=1S/C14H22N2O2S.C2HF3O2/c1-3-17-12-7-16(8-13-10(2)15-9-19-13)11-5-4-6-18-14(11)12;3-2(4,5)1(6)7/h9,11-12,14H,3-8H2,1-2H3;(H,6,7)/t11-,12-,14+;/m1./s1. The third kappa shape index (κ3) is 5.38. The highest BCUT2D eigenvalue weighted by Gasteiger charge is 2.44. The molecule has 2 saturated heterocycles. The Morgan fingerprint density at radius 1 is 1.54 bits per heavy atom. The molecule has 1 N–H and O–H groups in total. The molecule has 26 heavy (non-hydrogen) atoms. The maximum Gasteiger partial charge on any atom is 0.490 e. The lowest BCUT2D eigenvalue weighted by molar-refractivity contribution is -0.192. The molecule has 0 aromatic carbocycles. The number of aryl methyl sites for hydroxylation is 1. The zero-order valence-electron chi connectivity index (χ0n) is 14.7. The lowest BCUT2D eigenvalue weighted by Gasteiger charge is -2.32. The van der Waals surface area contributed by atoms with Crippen LogP contribution in [-0.4, -0.2) is 65.1 Å². The molecule has 0 radical (unpaired) electrons. The van der Waals surface area contributed by atoms with Gasteiger partial charge in [0.05, 0.1) is 17.3 Å². The molecule has 2 fully saturated rings. The summed E-state index contributed by atoms with van der Waals surface area (Å²) in [5.41, 5.74) is 3.11. The van der Waals surface area contributed by atoms with E-state index in [2.05, 4.69) is 23.7 Å². The van der Waals surface area contributed by atoms with Crippen molar-refractivity contribution in [2.24, 2.45) is 0 Å². The Hall–Kier alpha value is -1.23. The number of fused-ring (bicyclic) bond motifs is 1. The summed E-state index contributed by atoms with van der Waals surface area (Å²) < 4.78 is 43.6. The molecule has 0 unspecified atom stereocenters. The first-order valence-electron chi connectivity index (χ1n) is 8.40. The van der Waals surface area contributed by atoms with E-state index < -0.39 is 12.1 Å². The largest absolute Gasteiger partial charge is 0.490 e. The van der Waals surface area contributed by atoms with Crippen LogP contribution in [-0.2, 0) is 20.8 Å². The van der Waals surface area contributed by atoms with E-state index in [-0.39, 0.29) is 12.2 Å². The van der Waals surface area contributed by atoms with E-state index >= 15 is 0 Å². The maximum absolute atomic E-state index is 10.6. The van der Waals surface area contributed by atoms with Crippen molar-refractivity contribution in [2.45, 2.75) is 57.7 Å². The Balaban J connectivity index is 0.000000298. The summed E-state index contributed by atoms with van der Waals surface area (Å²) in [6, 6.07) is 0.520. The first-order chi connectivity index (χ1) is 12.2. The van der Waals surface area contributed by atoms with Gasteiger partial charge < -0.3 is 14.6 Å². The summed E-state index contributed by atoms with van der Waals surface area (Å²) in [6.45, 7) is 7.79. The van der Waals surface area contributed by atoms with Crippen LogP contribution in [0.3, 0.4) is 0 Å². The van der Waals surface area contributed by atoms with Crippen molar-refractivity contribution in [3.63, 3.8) is 0 Å². The number of carbonyl (C=O) groups is 1. The van der Waals surface area contributed by atoms with Gasteiger partial charge in [-0.15, -0.1) is 11.3 Å². The second kappa shape index (κ2) is 9.12. The molecular formula is C16H23F3N2O4S. The average molecular weight is 396 g/mol. The predicted octanol–water partition coefficient (Wildman–Crippen LogP) is 2.85. The van der Waals surface area contributed by atoms with Crippen LogP contribution in [0.15, 0.2) is 5.51 Å². The summed E-state index contributed by atoms with van der Waals surface area (Å²) in [5.74, 6) is -2.76. The van der Waals surface area contributed by atoms with Crippen LogP contribution in [0.25, 0.3) is 0 Å². The van der Waals surface area contributed by atoms with Gasteiger partial charge in [0.15, 0.2) is 0 Å². The van der Waals surface area contributed by atoms with Gasteiger partial charge >= 0.3 is 12.1 Å². The number of carboxylic acids is 1. The average Bonchev–Trinajstić information content (AvgIpc) is 3.13. The smallest absolute Gasteiger partial charge is 0.475 e. The summed E-state index contributed by atoms with van der Waals surface area (Å²) in [6.07, 6.45) is -2.19. The Kier molecular flexibility index (Phi) is 7.39. The number of ether oxygens (including phenoxy) is 2. The number of nitrogens with zero attached hydrogens (tertiary/aromatic N) is 2. The number of thiazole rings is 1. The van der Waals surface area contributed by atoms with Crippen molar-refractivity contribution >= 4 is 17.3 Å². The molecule has 10 heteroatoms. The van der Waals surface area contributed by atoms with Gasteiger partial charge in [0.1, 0.15) is 6.10 Å². The SMILES string of the molecule is CCO[C@@H]1CN(Cc2scnc2C)[C@@H]2CCCO[C@@H]21.O=C(O)C(F)(F)F. The molecule has 3 rings (SSSR count). The molecule has 0 spiro atoms. The molecule has 3 heterocycles. The molecule has 1 aromatic rings. The van der Waals surface area contributed by atoms with Gasteiger partial charge in [-0.05, 0) is 26.7 Å². The molecule has 0 aliphatic carbocycles. The highest BCUT2D eigenvalue weighted by atomic mass is 32.1. The molecule has 3 atom stereocenters. The molecular weight excluding hydrogens is 373 g/mol. The second-order valence-corrected chi connectivity index (χ2v) is 7.07. The van der Waals surface area contributed by atoms with E-state index in [9.17, 15) is 13.2 Å². The van der Waals surface area contributed by atoms with Gasteiger partial charge in [-0.1, -0.05) is 0 Å². The Labute approximate surface area is 153 Å². The third-order valence-electron chi connectivity index (χ3n) is 4.40. The molecule has 0 amide bonds. The zero-order valence-corrected chi connectivity index (χ0v) is 15.5. The van der Waals surface area contributed by atoms with Gasteiger partial charge in [0, 0.05) is 37.2 Å². The van der Waals surface area contributed by atoms with Crippen LogP contribution < -0.4 is 0 Å². The third-order valence-corrected chi connectivity index (χ3v) is 5.32. The number of likely N-dealkylation sites (tertiary alicyclic amines) is 1. The van der Waals surface area contributed by atoms with Crippen molar-refractivity contribution in [1.82, 2.24) is 9.88 Å². The summed E-state index contributed by atoms with van der Waals surface area (Å²) in [5, 5.41) is 7.12. The number of hydrogen-bond acceptors (Lipinski definition) is 6. The van der Waals surface area contributed by atoms with Crippen molar-refractivity contribution in [1.29, 1.82) is 0 Å². The Bertz CT molecular complexity index is 596. The molecule has 0 bridgehead atoms. The van der Waals surface area contributed by atoms with Gasteiger partial charge in [-0.25, -0.2) is 9.78 Å². The fourth-order valence-corrected chi connectivity index (χ4v) is 4.01. The van der Waals surface area contributed by atoms with Crippen molar-refractivity contribution in [3.05, 3.63) is 16.1 Å². The number of alkyl halides is 3. The lowest BCUT2D eigenvalue weighted by Crippen LogP contribution is -2.41. The lowest BCUT2D eigenvalue weighted by atomic mass is 10.0. The predicted molar refractivity (Wildman–Crippen MR) is 89.1 cm³/mol. The molecule has 2 aliphatic heterocycles.